The molecule has 42 valence electrons. The minimum absolute atomic E-state index is 0.169. The second kappa shape index (κ2) is 3.68. The molecule has 0 bridgehead atoms. The van der Waals surface area contributed by atoms with Crippen molar-refractivity contribution in [3.05, 3.63) is 12.8 Å². The summed E-state index contributed by atoms with van der Waals surface area (Å²) in [6.45, 7) is 5.14. The van der Waals surface area contributed by atoms with Gasteiger partial charge in [0, 0.05) is 7.11 Å². The fourth-order valence-corrected chi connectivity index (χ4v) is 0.191. The Kier molecular flexibility index (Phi) is 3.42. The third-order valence-corrected chi connectivity index (χ3v) is 0.620. The van der Waals surface area contributed by atoms with Crippen molar-refractivity contribution in [2.24, 2.45) is 0 Å². The van der Waals surface area contributed by atoms with Crippen LogP contribution in [0, 0.1) is 0 Å². The maximum absolute atomic E-state index is 4.73. The summed E-state index contributed by atoms with van der Waals surface area (Å²) >= 11 is 0. The highest BCUT2D eigenvalue weighted by molar-refractivity contribution is 4.48. The molecule has 2 heteroatoms. The summed E-state index contributed by atoms with van der Waals surface area (Å²) in [5.41, 5.74) is 0. The van der Waals surface area contributed by atoms with Gasteiger partial charge in [-0.3, -0.25) is 0 Å². The Labute approximate surface area is 43.7 Å². The van der Waals surface area contributed by atoms with Gasteiger partial charge >= 0.3 is 0 Å². The molecule has 0 rings (SSSR count). The van der Waals surface area contributed by atoms with E-state index in [9.17, 15) is 0 Å². The van der Waals surface area contributed by atoms with E-state index in [4.69, 9.17) is 9.47 Å². The molecule has 0 N–H and O–H groups in total. The standard InChI is InChI=1S/C5H10O2/c1-4-7-5(2)6-3/h4-5H,1H2,2-3H3. The van der Waals surface area contributed by atoms with Crippen molar-refractivity contribution in [1.82, 2.24) is 0 Å². The first-order chi connectivity index (χ1) is 3.31. The highest BCUT2D eigenvalue weighted by Gasteiger charge is 1.89. The molecule has 0 spiro atoms. The van der Waals surface area contributed by atoms with Gasteiger partial charge in [-0.2, -0.15) is 0 Å². The smallest absolute Gasteiger partial charge is 0.195 e. The van der Waals surface area contributed by atoms with Crippen molar-refractivity contribution in [3.63, 3.8) is 0 Å². The first-order valence-electron chi connectivity index (χ1n) is 2.10. The summed E-state index contributed by atoms with van der Waals surface area (Å²) in [4.78, 5) is 0. The van der Waals surface area contributed by atoms with E-state index in [1.807, 2.05) is 0 Å². The van der Waals surface area contributed by atoms with Gasteiger partial charge in [0.1, 0.15) is 0 Å². The van der Waals surface area contributed by atoms with Crippen LogP contribution in [0.25, 0.3) is 0 Å². The Morgan fingerprint density at radius 3 is 2.43 bits per heavy atom. The third-order valence-electron chi connectivity index (χ3n) is 0.620. The third kappa shape index (κ3) is 3.33. The second-order valence-electron chi connectivity index (χ2n) is 1.11. The number of methoxy groups -OCH3 is 1. The SMILES string of the molecule is C=COC(C)OC. The zero-order chi connectivity index (χ0) is 5.70. The number of rotatable bonds is 3. The van der Waals surface area contributed by atoms with E-state index in [1.165, 1.54) is 6.26 Å². The van der Waals surface area contributed by atoms with Gasteiger partial charge in [-0.05, 0) is 6.92 Å². The Morgan fingerprint density at radius 2 is 2.29 bits per heavy atom. The molecule has 7 heavy (non-hydrogen) atoms. The lowest BCUT2D eigenvalue weighted by Crippen LogP contribution is -2.04. The van der Waals surface area contributed by atoms with Crippen LogP contribution in [0.15, 0.2) is 12.8 Å². The van der Waals surface area contributed by atoms with Gasteiger partial charge in [0.15, 0.2) is 6.29 Å². The summed E-state index contributed by atoms with van der Waals surface area (Å²) in [6.07, 6.45) is 1.19. The van der Waals surface area contributed by atoms with Gasteiger partial charge < -0.3 is 9.47 Å². The topological polar surface area (TPSA) is 18.5 Å². The van der Waals surface area contributed by atoms with Crippen molar-refractivity contribution in [1.29, 1.82) is 0 Å². The first kappa shape index (κ1) is 6.50. The maximum Gasteiger partial charge on any atom is 0.195 e. The molecule has 0 aliphatic rings. The molecule has 0 aromatic rings. The van der Waals surface area contributed by atoms with E-state index in [2.05, 4.69) is 6.58 Å². The van der Waals surface area contributed by atoms with Crippen molar-refractivity contribution >= 4 is 0 Å². The van der Waals surface area contributed by atoms with E-state index in [-0.39, 0.29) is 6.29 Å². The molecule has 0 amide bonds. The molecule has 0 heterocycles. The molecule has 1 atom stereocenters. The van der Waals surface area contributed by atoms with Gasteiger partial charge in [-0.15, -0.1) is 0 Å². The number of ether oxygens (including phenoxy) is 2. The van der Waals surface area contributed by atoms with E-state index in [0.717, 1.165) is 0 Å². The summed E-state index contributed by atoms with van der Waals surface area (Å²) in [5, 5.41) is 0. The summed E-state index contributed by atoms with van der Waals surface area (Å²) in [7, 11) is 1.58. The molecule has 0 radical (unpaired) electrons. The molecule has 1 unspecified atom stereocenters. The fourth-order valence-electron chi connectivity index (χ4n) is 0.191. The summed E-state index contributed by atoms with van der Waals surface area (Å²) in [5.74, 6) is 0. The molecular weight excluding hydrogens is 92.1 g/mol. The van der Waals surface area contributed by atoms with Gasteiger partial charge in [0.2, 0.25) is 0 Å². The molecule has 0 saturated carbocycles. The minimum atomic E-state index is -0.169. The van der Waals surface area contributed by atoms with Crippen molar-refractivity contribution < 1.29 is 9.47 Å². The van der Waals surface area contributed by atoms with Gasteiger partial charge in [0.25, 0.3) is 0 Å². The molecule has 0 aromatic carbocycles. The van der Waals surface area contributed by atoms with E-state index in [1.54, 1.807) is 14.0 Å². The van der Waals surface area contributed by atoms with Crippen LogP contribution in [0.3, 0.4) is 0 Å². The predicted molar refractivity (Wildman–Crippen MR) is 27.8 cm³/mol. The Balaban J connectivity index is 2.98. The second-order valence-corrected chi connectivity index (χ2v) is 1.11. The van der Waals surface area contributed by atoms with Crippen molar-refractivity contribution in [3.8, 4) is 0 Å². The number of hydrogen-bond acceptors (Lipinski definition) is 2. The lowest BCUT2D eigenvalue weighted by atomic mass is 10.8. The van der Waals surface area contributed by atoms with Crippen molar-refractivity contribution in [2.45, 2.75) is 13.2 Å². The van der Waals surface area contributed by atoms with Gasteiger partial charge in [0.05, 0.1) is 6.26 Å². The van der Waals surface area contributed by atoms with E-state index < -0.39 is 0 Å². The fraction of sp³-hybridized carbons (Fsp3) is 0.600. The lowest BCUT2D eigenvalue weighted by Gasteiger charge is -2.05. The van der Waals surface area contributed by atoms with Crippen LogP contribution in [-0.2, 0) is 9.47 Å². The quantitative estimate of drug-likeness (QED) is 0.393. The molecule has 0 aliphatic carbocycles. The van der Waals surface area contributed by atoms with Crippen LogP contribution in [0.2, 0.25) is 0 Å². The average molecular weight is 102 g/mol. The van der Waals surface area contributed by atoms with Crippen molar-refractivity contribution in [2.75, 3.05) is 7.11 Å². The highest BCUT2D eigenvalue weighted by atomic mass is 16.7. The zero-order valence-electron chi connectivity index (χ0n) is 4.68. The first-order valence-corrected chi connectivity index (χ1v) is 2.10. The van der Waals surface area contributed by atoms with Crippen LogP contribution >= 0.6 is 0 Å². The predicted octanol–water partition coefficient (Wildman–Crippen LogP) is 1.14. The molecule has 0 aromatic heterocycles. The summed E-state index contributed by atoms with van der Waals surface area (Å²) < 4.78 is 9.43. The largest absolute Gasteiger partial charge is 0.473 e. The molecule has 2 nitrogen and oxygen atoms in total. The van der Waals surface area contributed by atoms with E-state index >= 15 is 0 Å². The highest BCUT2D eigenvalue weighted by Crippen LogP contribution is 1.87. The van der Waals surface area contributed by atoms with Crippen LogP contribution in [0.1, 0.15) is 6.92 Å². The average Bonchev–Trinajstić information content (AvgIpc) is 1.68. The van der Waals surface area contributed by atoms with E-state index in [0.29, 0.717) is 0 Å². The Hall–Kier alpha value is -0.500. The Morgan fingerprint density at radius 1 is 1.71 bits per heavy atom. The van der Waals surface area contributed by atoms with Crippen LogP contribution in [0.4, 0.5) is 0 Å². The van der Waals surface area contributed by atoms with Crippen LogP contribution < -0.4 is 0 Å². The summed E-state index contributed by atoms with van der Waals surface area (Å²) in [6, 6.07) is 0. The Bertz CT molecular complexity index is 52.0. The van der Waals surface area contributed by atoms with Crippen LogP contribution in [0.5, 0.6) is 0 Å². The molecule has 0 saturated heterocycles. The maximum atomic E-state index is 4.73. The molecule has 0 aliphatic heterocycles. The van der Waals surface area contributed by atoms with Crippen LogP contribution in [-0.4, -0.2) is 13.4 Å². The number of hydrogen-bond donors (Lipinski definition) is 0. The molecular formula is C5H10O2. The zero-order valence-corrected chi connectivity index (χ0v) is 4.68. The molecule has 0 fully saturated rings. The minimum Gasteiger partial charge on any atom is -0.473 e. The lowest BCUT2D eigenvalue weighted by molar-refractivity contribution is -0.0674. The van der Waals surface area contributed by atoms with Gasteiger partial charge in [-0.25, -0.2) is 0 Å². The normalized spacial score (nSPS) is 12.9. The van der Waals surface area contributed by atoms with Gasteiger partial charge in [-0.1, -0.05) is 6.58 Å². The monoisotopic (exact) mass is 102 g/mol.